The minimum atomic E-state index is 0.646. The van der Waals surface area contributed by atoms with E-state index in [1.807, 2.05) is 18.3 Å². The van der Waals surface area contributed by atoms with Crippen LogP contribution in [-0.2, 0) is 6.42 Å². The van der Waals surface area contributed by atoms with Gasteiger partial charge < -0.3 is 18.3 Å². The molecule has 0 saturated heterocycles. The first-order chi connectivity index (χ1) is 47.5. The maximum Gasteiger partial charge on any atom is 0.147 e. The Morgan fingerprint density at radius 2 is 0.740 bits per heavy atom. The lowest BCUT2D eigenvalue weighted by atomic mass is 10.0. The van der Waals surface area contributed by atoms with Crippen LogP contribution < -0.4 is 0 Å². The van der Waals surface area contributed by atoms with Gasteiger partial charge in [-0.05, 0) is 178 Å². The summed E-state index contributed by atoms with van der Waals surface area (Å²) < 4.78 is 12.6. The molecule has 0 aliphatic carbocycles. The third-order valence-electron chi connectivity index (χ3n) is 19.1. The normalized spacial score (nSPS) is 12.3. The first-order valence-corrected chi connectivity index (χ1v) is 33.3. The van der Waals surface area contributed by atoms with Crippen LogP contribution in [0.25, 0.3) is 148 Å². The molecule has 0 radical (unpaired) electrons. The Morgan fingerprint density at radius 3 is 1.28 bits per heavy atom. The fourth-order valence-corrected chi connectivity index (χ4v) is 15.3. The molecule has 8 aromatic heterocycles. The van der Waals surface area contributed by atoms with Gasteiger partial charge >= 0.3 is 0 Å². The van der Waals surface area contributed by atoms with Gasteiger partial charge in [-0.15, -0.1) is 0 Å². The molecule has 0 bridgehead atoms. The van der Waals surface area contributed by atoms with Crippen molar-refractivity contribution in [3.8, 4) is 22.7 Å². The second-order valence-corrected chi connectivity index (χ2v) is 25.6. The molecule has 0 atom stereocenters. The van der Waals surface area contributed by atoms with Crippen molar-refractivity contribution < 1.29 is 0 Å². The number of aromatic nitrogens is 8. The Bertz CT molecular complexity index is 6540. The third kappa shape index (κ3) is 8.83. The molecule has 9 heterocycles. The number of imidazole rings is 1. The number of hydrogen-bond donors (Lipinski definition) is 0. The maximum atomic E-state index is 5.60. The van der Waals surface area contributed by atoms with E-state index < -0.39 is 0 Å². The van der Waals surface area contributed by atoms with Gasteiger partial charge in [0.05, 0.1) is 71.6 Å². The monoisotopic (exact) mass is 1310 g/mol. The van der Waals surface area contributed by atoms with E-state index in [9.17, 15) is 0 Å². The van der Waals surface area contributed by atoms with Crippen LogP contribution in [0.5, 0.6) is 0 Å². The lowest BCUT2D eigenvalue weighted by molar-refractivity contribution is 1.17. The molecule has 96 heavy (non-hydrogen) atoms. The largest absolute Gasteiger partial charge is 0.309 e. The minimum Gasteiger partial charge on any atom is -0.309 e. The number of halogens is 2. The highest BCUT2D eigenvalue weighted by atomic mass is 79.9. The van der Waals surface area contributed by atoms with Crippen LogP contribution in [0.2, 0.25) is 5.02 Å². The van der Waals surface area contributed by atoms with Gasteiger partial charge in [-0.2, -0.15) is 0 Å². The van der Waals surface area contributed by atoms with Gasteiger partial charge in [0.1, 0.15) is 15.9 Å². The van der Waals surface area contributed by atoms with E-state index in [0.717, 1.165) is 78.9 Å². The lowest BCUT2D eigenvalue weighted by Crippen LogP contribution is -2.01. The topological polar surface area (TPSA) is 75.2 Å². The van der Waals surface area contributed by atoms with Crippen LogP contribution in [0.4, 0.5) is 5.69 Å². The third-order valence-corrected chi connectivity index (χ3v) is 20.2. The van der Waals surface area contributed by atoms with E-state index in [2.05, 4.69) is 317 Å². The summed E-state index contributed by atoms with van der Waals surface area (Å²) in [6.07, 6.45) is 4.42. The van der Waals surface area contributed by atoms with Gasteiger partial charge in [-0.25, -0.2) is 15.0 Å². The van der Waals surface area contributed by atoms with Crippen molar-refractivity contribution in [2.45, 2.75) is 6.42 Å². The molecule has 0 fully saturated rings. The number of para-hydroxylation sites is 9. The van der Waals surface area contributed by atoms with E-state index >= 15 is 0 Å². The minimum absolute atomic E-state index is 0.646. The van der Waals surface area contributed by atoms with Crippen LogP contribution in [-0.4, -0.2) is 43.3 Å². The highest BCUT2D eigenvalue weighted by Crippen LogP contribution is 2.45. The second kappa shape index (κ2) is 22.4. The molecule has 0 saturated carbocycles. The first kappa shape index (κ1) is 55.7. The zero-order valence-corrected chi connectivity index (χ0v) is 53.8. The van der Waals surface area contributed by atoms with Crippen LogP contribution in [0, 0.1) is 0 Å². The van der Waals surface area contributed by atoms with E-state index in [1.54, 1.807) is 18.3 Å². The number of hydrogen-bond acceptors (Lipinski definition) is 4. The molecule has 12 aromatic carbocycles. The first-order valence-electron chi connectivity index (χ1n) is 32.1. The summed E-state index contributed by atoms with van der Waals surface area (Å²) in [5, 5.41) is 13.9. The zero-order valence-electron chi connectivity index (χ0n) is 51.4. The molecule has 21 rings (SSSR count). The molecule has 9 nitrogen and oxygen atoms in total. The van der Waals surface area contributed by atoms with Crippen molar-refractivity contribution in [2.75, 3.05) is 0 Å². The molecule has 11 heteroatoms. The molecule has 1 aliphatic rings. The van der Waals surface area contributed by atoms with Crippen LogP contribution in [0.3, 0.4) is 0 Å². The lowest BCUT2D eigenvalue weighted by Gasteiger charge is -2.11. The predicted octanol–water partition coefficient (Wildman–Crippen LogP) is 22.4. The quantitative estimate of drug-likeness (QED) is 0.127. The number of rotatable bonds is 5. The average molecular weight is 1320 g/mol. The van der Waals surface area contributed by atoms with Crippen molar-refractivity contribution in [3.63, 3.8) is 0 Å². The molecule has 0 unspecified atom stereocenters. The number of aliphatic imine (C=N–C) groups is 1. The summed E-state index contributed by atoms with van der Waals surface area (Å²) in [5.41, 5.74) is 22.7. The molecule has 452 valence electrons. The van der Waals surface area contributed by atoms with Crippen LogP contribution in [0.15, 0.2) is 319 Å². The van der Waals surface area contributed by atoms with Crippen LogP contribution in [0.1, 0.15) is 11.1 Å². The van der Waals surface area contributed by atoms with Crippen molar-refractivity contribution in [1.82, 2.24) is 37.6 Å². The van der Waals surface area contributed by atoms with E-state index in [4.69, 9.17) is 26.6 Å². The Labute approximate surface area is 563 Å². The van der Waals surface area contributed by atoms with Gasteiger partial charge in [0.15, 0.2) is 0 Å². The van der Waals surface area contributed by atoms with Crippen LogP contribution >= 0.6 is 27.5 Å². The SMILES string of the molecule is Clc1cccnc1Br.c1ccc(-n2c3ccccc3c3cc4c(cc32)c2cc3c5cccnc5n5c6ccccc6nc5c3cc2n4-c2ccccc2)cc1.c1ccc(-n2c3ccccc3c3cc4c(cc32)c2ccc(C3=Nc5ccccc5C3)cc2n4-c2ccccc2)cc1. The fraction of sp³-hybridized carbons (Fsp3) is 0.0118. The molecular formula is C85H53BrClN9. The highest BCUT2D eigenvalue weighted by Gasteiger charge is 2.24. The fourth-order valence-electron chi connectivity index (χ4n) is 14.9. The second-order valence-electron chi connectivity index (χ2n) is 24.4. The van der Waals surface area contributed by atoms with Gasteiger partial charge in [-0.1, -0.05) is 163 Å². The maximum absolute atomic E-state index is 5.60. The van der Waals surface area contributed by atoms with Crippen molar-refractivity contribution >= 4 is 165 Å². The van der Waals surface area contributed by atoms with Crippen molar-refractivity contribution in [2.24, 2.45) is 4.99 Å². The van der Waals surface area contributed by atoms with Crippen molar-refractivity contribution in [3.05, 3.63) is 330 Å². The predicted molar refractivity (Wildman–Crippen MR) is 403 cm³/mol. The molecule has 0 N–H and O–H groups in total. The van der Waals surface area contributed by atoms with Gasteiger partial charge in [0.2, 0.25) is 0 Å². The molecule has 1 aliphatic heterocycles. The Hall–Kier alpha value is -12.0. The standard InChI is InChI=1S/C42H25N5.C38H25N3.C5H3BrClN/c1-3-12-26(13-4-1)45-36-19-9-7-16-28(36)32-23-39-33(24-38(32)45)31-22-30-29-17-11-21-43-41(29)47-37-20-10-8-18-35(37)44-42(47)34(30)25-40(31)46(39)27-14-5-2-6-15-27;1-3-12-27(13-4-1)40-35-18-10-8-16-29(35)31-23-38-32(24-37(31)40)30-20-19-26(34-21-25-11-7-9-17-33(25)39-34)22-36(30)41(38)28-14-5-2-6-15-28;6-5-4(7)2-1-3-8-5/h1-25H;1-20,22-24H,21H2;1-3H. The average Bonchev–Trinajstić information content (AvgIpc) is 1.56. The summed E-state index contributed by atoms with van der Waals surface area (Å²) >= 11 is 8.75. The zero-order chi connectivity index (χ0) is 63.5. The molecular weight excluding hydrogens is 1260 g/mol. The van der Waals surface area contributed by atoms with E-state index in [0.29, 0.717) is 9.63 Å². The highest BCUT2D eigenvalue weighted by molar-refractivity contribution is 9.10. The molecule has 0 spiro atoms. The van der Waals surface area contributed by atoms with Gasteiger partial charge in [0, 0.05) is 95.4 Å². The Kier molecular flexibility index (Phi) is 13.0. The molecule has 0 amide bonds. The molecule has 20 aromatic rings. The Morgan fingerprint density at radius 1 is 0.312 bits per heavy atom. The van der Waals surface area contributed by atoms with Crippen molar-refractivity contribution in [1.29, 1.82) is 0 Å². The summed E-state index contributed by atoms with van der Waals surface area (Å²) in [5.74, 6) is 0. The summed E-state index contributed by atoms with van der Waals surface area (Å²) in [6.45, 7) is 0. The summed E-state index contributed by atoms with van der Waals surface area (Å²) in [6, 6.07) is 106. The van der Waals surface area contributed by atoms with E-state index in [1.165, 1.54) is 98.5 Å². The number of nitrogens with zero attached hydrogens (tertiary/aromatic N) is 9. The van der Waals surface area contributed by atoms with E-state index in [-0.39, 0.29) is 0 Å². The smallest absolute Gasteiger partial charge is 0.147 e. The number of pyridine rings is 3. The Balaban J connectivity index is 0.000000122. The summed E-state index contributed by atoms with van der Waals surface area (Å²) in [4.78, 5) is 19.0. The number of benzene rings is 12. The van der Waals surface area contributed by atoms with Gasteiger partial charge in [-0.3, -0.25) is 9.39 Å². The van der Waals surface area contributed by atoms with Gasteiger partial charge in [0.25, 0.3) is 0 Å². The summed E-state index contributed by atoms with van der Waals surface area (Å²) in [7, 11) is 0. The number of fused-ring (bicyclic) bond motifs is 21.